The van der Waals surface area contributed by atoms with E-state index < -0.39 is 26.1 Å². The van der Waals surface area contributed by atoms with Gasteiger partial charge in [0.2, 0.25) is 0 Å². The lowest BCUT2D eigenvalue weighted by Crippen LogP contribution is -2.66. The number of rotatable bonds is 14. The second-order valence-electron chi connectivity index (χ2n) is 14.0. The number of carbonyl (C=O) groups is 1. The topological polar surface area (TPSA) is 74.2 Å². The Bertz CT molecular complexity index is 1490. The highest BCUT2D eigenvalue weighted by molar-refractivity contribution is 6.99. The summed E-state index contributed by atoms with van der Waals surface area (Å²) in [5.74, 6) is 0.846. The van der Waals surface area contributed by atoms with Crippen molar-refractivity contribution in [2.45, 2.75) is 84.2 Å². The van der Waals surface area contributed by atoms with Gasteiger partial charge in [-0.3, -0.25) is 0 Å². The van der Waals surface area contributed by atoms with Gasteiger partial charge in [0, 0.05) is 6.61 Å². The molecule has 4 rings (SSSR count). The average molecular weight is 655 g/mol. The first kappa shape index (κ1) is 35.9. The SMILES string of the molecule is CC(Oc1ccc(CCCO[Si](c2ccccc2)(c2ccccc2)C(C)(C)C)cc1)C(O)COc1ccc(C(=O)OC(C)(C)C)cc1. The molecule has 2 atom stereocenters. The average Bonchev–Trinajstić information content (AvgIpc) is 3.04. The maximum absolute atomic E-state index is 12.2. The van der Waals surface area contributed by atoms with Gasteiger partial charge in [0.1, 0.15) is 35.9 Å². The van der Waals surface area contributed by atoms with Crippen molar-refractivity contribution in [3.8, 4) is 11.5 Å². The molecule has 2 unspecified atom stereocenters. The minimum Gasteiger partial charge on any atom is -0.491 e. The Balaban J connectivity index is 1.28. The van der Waals surface area contributed by atoms with Gasteiger partial charge in [0.25, 0.3) is 8.32 Å². The van der Waals surface area contributed by atoms with Crippen LogP contribution in [0.3, 0.4) is 0 Å². The Morgan fingerprint density at radius 3 is 1.79 bits per heavy atom. The number of aliphatic hydroxyl groups is 1. The molecule has 0 spiro atoms. The van der Waals surface area contributed by atoms with Crippen LogP contribution in [0.5, 0.6) is 11.5 Å². The first-order valence-electron chi connectivity index (χ1n) is 16.4. The zero-order valence-electron chi connectivity index (χ0n) is 28.9. The Labute approximate surface area is 281 Å². The molecule has 7 heteroatoms. The third-order valence-electron chi connectivity index (χ3n) is 8.04. The van der Waals surface area contributed by atoms with Gasteiger partial charge in [-0.1, -0.05) is 93.6 Å². The summed E-state index contributed by atoms with van der Waals surface area (Å²) in [6.07, 6.45) is 0.452. The van der Waals surface area contributed by atoms with E-state index in [1.807, 2.05) is 39.8 Å². The fourth-order valence-electron chi connectivity index (χ4n) is 5.63. The zero-order valence-corrected chi connectivity index (χ0v) is 29.9. The number of esters is 1. The molecular weight excluding hydrogens is 605 g/mol. The van der Waals surface area contributed by atoms with Crippen molar-refractivity contribution in [1.82, 2.24) is 0 Å². The van der Waals surface area contributed by atoms with Gasteiger partial charge in [0.05, 0.1) is 5.56 Å². The molecule has 0 aromatic heterocycles. The number of hydrogen-bond acceptors (Lipinski definition) is 6. The van der Waals surface area contributed by atoms with Gasteiger partial charge in [0.15, 0.2) is 0 Å². The first-order valence-corrected chi connectivity index (χ1v) is 18.3. The molecule has 47 heavy (non-hydrogen) atoms. The largest absolute Gasteiger partial charge is 0.491 e. The fourth-order valence-corrected chi connectivity index (χ4v) is 10.2. The third kappa shape index (κ3) is 9.80. The minimum absolute atomic E-state index is 0.0482. The molecule has 0 amide bonds. The second kappa shape index (κ2) is 15.8. The van der Waals surface area contributed by atoms with Crippen molar-refractivity contribution in [1.29, 1.82) is 0 Å². The van der Waals surface area contributed by atoms with Gasteiger partial charge in [-0.25, -0.2) is 4.79 Å². The van der Waals surface area contributed by atoms with Gasteiger partial charge in [-0.05, 0) is 97.9 Å². The number of aliphatic hydroxyl groups excluding tert-OH is 1. The van der Waals surface area contributed by atoms with E-state index in [1.54, 1.807) is 24.3 Å². The Morgan fingerprint density at radius 1 is 0.745 bits per heavy atom. The molecule has 250 valence electrons. The number of ether oxygens (including phenoxy) is 3. The van der Waals surface area contributed by atoms with Crippen LogP contribution in [0.4, 0.5) is 0 Å². The fraction of sp³-hybridized carbons (Fsp3) is 0.375. The van der Waals surface area contributed by atoms with Crippen LogP contribution in [0.25, 0.3) is 0 Å². The molecule has 4 aromatic rings. The molecule has 0 fully saturated rings. The predicted octanol–water partition coefficient (Wildman–Crippen LogP) is 7.36. The lowest BCUT2D eigenvalue weighted by atomic mass is 10.1. The van der Waals surface area contributed by atoms with Crippen molar-refractivity contribution < 1.29 is 28.5 Å². The predicted molar refractivity (Wildman–Crippen MR) is 192 cm³/mol. The summed E-state index contributed by atoms with van der Waals surface area (Å²) in [4.78, 5) is 12.2. The molecule has 4 aromatic carbocycles. The molecule has 0 heterocycles. The van der Waals surface area contributed by atoms with Crippen LogP contribution < -0.4 is 19.8 Å². The highest BCUT2D eigenvalue weighted by Gasteiger charge is 2.49. The van der Waals surface area contributed by atoms with Crippen LogP contribution in [-0.4, -0.2) is 50.4 Å². The van der Waals surface area contributed by atoms with Gasteiger partial charge >= 0.3 is 5.97 Å². The summed E-state index contributed by atoms with van der Waals surface area (Å²) in [5.41, 5.74) is 1.09. The van der Waals surface area contributed by atoms with E-state index >= 15 is 0 Å². The van der Waals surface area contributed by atoms with E-state index in [-0.39, 0.29) is 17.6 Å². The maximum atomic E-state index is 12.2. The Morgan fingerprint density at radius 2 is 1.28 bits per heavy atom. The highest BCUT2D eigenvalue weighted by Crippen LogP contribution is 2.37. The van der Waals surface area contributed by atoms with E-state index in [1.165, 1.54) is 15.9 Å². The number of aryl methyl sites for hydroxylation is 1. The van der Waals surface area contributed by atoms with Crippen LogP contribution in [0.15, 0.2) is 109 Å². The molecule has 0 aliphatic heterocycles. The van der Waals surface area contributed by atoms with Gasteiger partial charge < -0.3 is 23.7 Å². The van der Waals surface area contributed by atoms with E-state index in [2.05, 4.69) is 93.6 Å². The molecule has 0 saturated carbocycles. The van der Waals surface area contributed by atoms with Crippen molar-refractivity contribution in [2.24, 2.45) is 0 Å². The Hall–Kier alpha value is -3.91. The second-order valence-corrected chi connectivity index (χ2v) is 18.3. The van der Waals surface area contributed by atoms with Gasteiger partial charge in [-0.15, -0.1) is 0 Å². The lowest BCUT2D eigenvalue weighted by molar-refractivity contribution is 0.00689. The molecule has 6 nitrogen and oxygen atoms in total. The monoisotopic (exact) mass is 654 g/mol. The van der Waals surface area contributed by atoms with Crippen LogP contribution in [0, 0.1) is 0 Å². The molecule has 1 N–H and O–H groups in total. The van der Waals surface area contributed by atoms with E-state index in [0.717, 1.165) is 12.8 Å². The quantitative estimate of drug-likeness (QED) is 0.0871. The molecular formula is C40H50O6Si. The number of carbonyl (C=O) groups excluding carboxylic acids is 1. The standard InChI is InChI=1S/C40H50O6Si/c1-30(37(41)29-43-33-26-22-32(23-27-33)38(42)46-39(2,3)4)45-34-24-20-31(21-25-34)15-14-28-44-47(40(5,6)7,35-16-10-8-11-17-35)36-18-12-9-13-19-36/h8-13,16-27,30,37,41H,14-15,28-29H2,1-7H3. The summed E-state index contributed by atoms with van der Waals surface area (Å²) in [7, 11) is -2.54. The first-order chi connectivity index (χ1) is 22.3. The highest BCUT2D eigenvalue weighted by atomic mass is 28.4. The number of hydrogen-bond donors (Lipinski definition) is 1. The zero-order chi connectivity index (χ0) is 34.1. The smallest absolute Gasteiger partial charge is 0.338 e. The summed E-state index contributed by atoms with van der Waals surface area (Å²) in [5, 5.41) is 13.2. The van der Waals surface area contributed by atoms with Crippen molar-refractivity contribution in [3.05, 3.63) is 120 Å². The molecule has 0 bridgehead atoms. The maximum Gasteiger partial charge on any atom is 0.338 e. The molecule has 0 aliphatic rings. The summed E-state index contributed by atoms with van der Waals surface area (Å²) < 4.78 is 24.2. The Kier molecular flexibility index (Phi) is 12.1. The molecule has 0 radical (unpaired) electrons. The van der Waals surface area contributed by atoms with Crippen molar-refractivity contribution >= 4 is 24.7 Å². The van der Waals surface area contributed by atoms with E-state index in [0.29, 0.717) is 23.7 Å². The summed E-state index contributed by atoms with van der Waals surface area (Å²) in [6.45, 7) is 14.9. The van der Waals surface area contributed by atoms with Crippen LogP contribution in [0.1, 0.15) is 70.8 Å². The number of benzene rings is 4. The van der Waals surface area contributed by atoms with Crippen molar-refractivity contribution in [3.63, 3.8) is 0 Å². The van der Waals surface area contributed by atoms with Gasteiger partial charge in [-0.2, -0.15) is 0 Å². The van der Waals surface area contributed by atoms with E-state index in [9.17, 15) is 9.90 Å². The third-order valence-corrected chi connectivity index (χ3v) is 13.1. The normalized spacial score (nSPS) is 13.4. The van der Waals surface area contributed by atoms with E-state index in [4.69, 9.17) is 18.6 Å². The molecule has 0 aliphatic carbocycles. The van der Waals surface area contributed by atoms with Crippen LogP contribution in [0.2, 0.25) is 5.04 Å². The summed E-state index contributed by atoms with van der Waals surface area (Å²) in [6, 6.07) is 36.2. The van der Waals surface area contributed by atoms with Crippen LogP contribution >= 0.6 is 0 Å². The summed E-state index contributed by atoms with van der Waals surface area (Å²) >= 11 is 0. The molecule has 0 saturated heterocycles. The lowest BCUT2D eigenvalue weighted by Gasteiger charge is -2.43. The minimum atomic E-state index is -2.54. The van der Waals surface area contributed by atoms with Crippen LogP contribution in [-0.2, 0) is 15.6 Å². The van der Waals surface area contributed by atoms with Crippen molar-refractivity contribution in [2.75, 3.05) is 13.2 Å².